The molecule has 2 aliphatic rings. The Morgan fingerprint density at radius 3 is 2.79 bits per heavy atom. The number of likely N-dealkylation sites (N-methyl/N-ethyl adjacent to an activating group) is 1. The predicted octanol–water partition coefficient (Wildman–Crippen LogP) is 3.33. The van der Waals surface area contributed by atoms with Gasteiger partial charge in [0.05, 0.1) is 17.6 Å². The van der Waals surface area contributed by atoms with Gasteiger partial charge in [-0.25, -0.2) is 9.97 Å². The summed E-state index contributed by atoms with van der Waals surface area (Å²) in [6.45, 7) is 1.21. The molecule has 1 aromatic carbocycles. The third-order valence-electron chi connectivity index (χ3n) is 6.27. The number of benzene rings is 1. The lowest BCUT2D eigenvalue weighted by molar-refractivity contribution is -0.117. The number of pyridine rings is 1. The smallest absolute Gasteiger partial charge is 0.302 e. The van der Waals surface area contributed by atoms with Crippen LogP contribution >= 0.6 is 0 Å². The Morgan fingerprint density at radius 1 is 1.29 bits per heavy atom. The van der Waals surface area contributed by atoms with E-state index in [1.165, 1.54) is 4.57 Å². The van der Waals surface area contributed by atoms with Crippen LogP contribution in [-0.2, 0) is 23.3 Å². The van der Waals surface area contributed by atoms with Crippen LogP contribution in [0.2, 0.25) is 0 Å². The third kappa shape index (κ3) is 3.94. The number of halogens is 2. The number of hydrogen-bond donors (Lipinski definition) is 2. The summed E-state index contributed by atoms with van der Waals surface area (Å²) in [7, 11) is 3.38. The molecule has 3 aromatic rings. The second-order valence-electron chi connectivity index (χ2n) is 8.88. The predicted molar refractivity (Wildman–Crippen MR) is 126 cm³/mol. The van der Waals surface area contributed by atoms with Crippen molar-refractivity contribution < 1.29 is 13.6 Å². The van der Waals surface area contributed by atoms with Crippen LogP contribution in [0.5, 0.6) is 0 Å². The highest BCUT2D eigenvalue weighted by molar-refractivity contribution is 5.94. The Morgan fingerprint density at radius 2 is 2.09 bits per heavy atom. The highest BCUT2D eigenvalue weighted by atomic mass is 19.3. The van der Waals surface area contributed by atoms with Gasteiger partial charge < -0.3 is 9.88 Å². The zero-order valence-electron chi connectivity index (χ0n) is 19.1. The molecule has 1 aliphatic heterocycles. The number of aromatic nitrogens is 3. The second kappa shape index (κ2) is 7.99. The number of amides is 1. The quantitative estimate of drug-likeness (QED) is 0.583. The second-order valence-corrected chi connectivity index (χ2v) is 8.88. The van der Waals surface area contributed by atoms with Crippen LogP contribution in [-0.4, -0.2) is 40.2 Å². The van der Waals surface area contributed by atoms with Crippen LogP contribution < -0.4 is 10.6 Å². The summed E-state index contributed by atoms with van der Waals surface area (Å²) in [6, 6.07) is 7.06. The van der Waals surface area contributed by atoms with Gasteiger partial charge in [0, 0.05) is 49.0 Å². The molecule has 1 unspecified atom stereocenters. The van der Waals surface area contributed by atoms with Gasteiger partial charge >= 0.3 is 5.92 Å². The van der Waals surface area contributed by atoms with Crippen molar-refractivity contribution in [3.63, 3.8) is 0 Å². The zero-order valence-corrected chi connectivity index (χ0v) is 19.1. The Balaban J connectivity index is 1.51. The van der Waals surface area contributed by atoms with Crippen LogP contribution in [0.15, 0.2) is 35.5 Å². The number of nitrogens with zero attached hydrogens (tertiary/aromatic N) is 4. The largest absolute Gasteiger partial charge is 0.326 e. The Hall–Kier alpha value is -3.64. The summed E-state index contributed by atoms with van der Waals surface area (Å²) < 4.78 is 29.2. The highest BCUT2D eigenvalue weighted by Crippen LogP contribution is 2.32. The Labute approximate surface area is 195 Å². The number of aliphatic imine (C=N–C) groups is 1. The number of aryl methyl sites for hydroxylation is 1. The van der Waals surface area contributed by atoms with Gasteiger partial charge in [0.1, 0.15) is 11.4 Å². The van der Waals surface area contributed by atoms with Crippen LogP contribution in [0.4, 0.5) is 14.6 Å². The Kier molecular flexibility index (Phi) is 5.21. The normalized spacial score (nSPS) is 19.4. The lowest BCUT2D eigenvalue weighted by Gasteiger charge is -2.31. The first-order chi connectivity index (χ1) is 16.2. The van der Waals surface area contributed by atoms with Crippen LogP contribution in [0.25, 0.3) is 11.0 Å². The number of alkyl halides is 2. The van der Waals surface area contributed by atoms with Crippen molar-refractivity contribution >= 4 is 29.0 Å². The number of rotatable bonds is 4. The van der Waals surface area contributed by atoms with Crippen molar-refractivity contribution in [2.24, 2.45) is 18.0 Å². The molecule has 3 heterocycles. The Bertz CT molecular complexity index is 1390. The van der Waals surface area contributed by atoms with Crippen molar-refractivity contribution in [1.82, 2.24) is 19.9 Å². The monoisotopic (exact) mass is 462 g/mol. The molecule has 0 radical (unpaired) electrons. The minimum atomic E-state index is -3.04. The number of fused-ring (bicyclic) bond motifs is 2. The van der Waals surface area contributed by atoms with Crippen LogP contribution in [0.1, 0.15) is 42.3 Å². The molecule has 5 rings (SSSR count). The summed E-state index contributed by atoms with van der Waals surface area (Å²) in [5.41, 5.74) is 2.63. The summed E-state index contributed by atoms with van der Waals surface area (Å²) in [5.74, 6) is 3.69. The minimum absolute atomic E-state index is 0.0143. The summed E-state index contributed by atoms with van der Waals surface area (Å²) in [5, 5.41) is 6.18. The van der Waals surface area contributed by atoms with Crippen molar-refractivity contribution in [2.75, 3.05) is 18.9 Å². The topological polar surface area (TPSA) is 84.2 Å². The molecule has 0 bridgehead atoms. The van der Waals surface area contributed by atoms with Crippen molar-refractivity contribution in [2.45, 2.75) is 31.2 Å². The molecule has 2 N–H and O–H groups in total. The first-order valence-electron chi connectivity index (χ1n) is 11.1. The van der Waals surface area contributed by atoms with Crippen LogP contribution in [0, 0.1) is 17.8 Å². The maximum atomic E-state index is 13.9. The van der Waals surface area contributed by atoms with Crippen molar-refractivity contribution in [3.05, 3.63) is 53.0 Å². The van der Waals surface area contributed by atoms with E-state index in [0.717, 1.165) is 30.9 Å². The number of anilines is 1. The van der Waals surface area contributed by atoms with Gasteiger partial charge in [0.2, 0.25) is 5.91 Å². The number of nitrogens with one attached hydrogen (secondary N) is 2. The molecule has 1 atom stereocenters. The van der Waals surface area contributed by atoms with E-state index < -0.39 is 11.5 Å². The standard InChI is InChI=1S/C25H24F2N6O/c1-24(26,27)23-31-19-7-4-15(10-20(19)33(23)3)8-9-25(28-2)14-29-12-17-13-30-21(11-18(17)25)32-22(34)16-5-6-16/h4,7,10-13,16,28H,5-6,14H2,1-3H3,(H,30,32,34). The summed E-state index contributed by atoms with van der Waals surface area (Å²) in [6.07, 6.45) is 5.25. The molecule has 174 valence electrons. The number of carbonyl (C=O) groups is 1. The van der Waals surface area contributed by atoms with Gasteiger partial charge in [-0.2, -0.15) is 8.78 Å². The molecule has 0 spiro atoms. The van der Waals surface area contributed by atoms with Gasteiger partial charge in [-0.15, -0.1) is 0 Å². The van der Waals surface area contributed by atoms with E-state index in [9.17, 15) is 13.6 Å². The average Bonchev–Trinajstić information content (AvgIpc) is 3.61. The first-order valence-corrected chi connectivity index (χ1v) is 11.1. The molecule has 34 heavy (non-hydrogen) atoms. The lowest BCUT2D eigenvalue weighted by Crippen LogP contribution is -2.44. The van der Waals surface area contributed by atoms with Gasteiger partial charge in [-0.3, -0.25) is 15.1 Å². The maximum Gasteiger partial charge on any atom is 0.302 e. The molecular weight excluding hydrogens is 438 g/mol. The van der Waals surface area contributed by atoms with Crippen molar-refractivity contribution in [3.8, 4) is 11.8 Å². The maximum absolute atomic E-state index is 13.9. The van der Waals surface area contributed by atoms with E-state index >= 15 is 0 Å². The summed E-state index contributed by atoms with van der Waals surface area (Å²) in [4.78, 5) is 25.1. The van der Waals surface area contributed by atoms with Gasteiger partial charge in [-0.05, 0) is 44.2 Å². The zero-order chi connectivity index (χ0) is 24.1. The molecule has 1 saturated carbocycles. The molecule has 9 heteroatoms. The van der Waals surface area contributed by atoms with Gasteiger partial charge in [0.15, 0.2) is 5.82 Å². The first kappa shape index (κ1) is 22.2. The fourth-order valence-electron chi connectivity index (χ4n) is 4.17. The molecule has 1 fully saturated rings. The van der Waals surface area contributed by atoms with E-state index in [2.05, 4.69) is 37.4 Å². The molecule has 7 nitrogen and oxygen atoms in total. The fraction of sp³-hybridized carbons (Fsp3) is 0.360. The fourth-order valence-corrected chi connectivity index (χ4v) is 4.17. The minimum Gasteiger partial charge on any atom is -0.326 e. The molecule has 2 aromatic heterocycles. The van der Waals surface area contributed by atoms with E-state index in [1.807, 2.05) is 13.1 Å². The highest BCUT2D eigenvalue weighted by Gasteiger charge is 2.35. The summed E-state index contributed by atoms with van der Waals surface area (Å²) >= 11 is 0. The number of hydrogen-bond acceptors (Lipinski definition) is 5. The molecule has 0 saturated heterocycles. The lowest BCUT2D eigenvalue weighted by atomic mass is 9.86. The third-order valence-corrected chi connectivity index (χ3v) is 6.27. The number of imidazole rings is 1. The SMILES string of the molecule is CNC1(C#Cc2ccc3nc(C(C)(F)F)n(C)c3c2)CN=Cc2cnc(NC(=O)C3CC3)cc21. The van der Waals surface area contributed by atoms with Crippen molar-refractivity contribution in [1.29, 1.82) is 0 Å². The van der Waals surface area contributed by atoms with E-state index in [0.29, 0.717) is 29.0 Å². The van der Waals surface area contributed by atoms with E-state index in [-0.39, 0.29) is 17.6 Å². The molecular formula is C25H24F2N6O. The van der Waals surface area contributed by atoms with Gasteiger partial charge in [-0.1, -0.05) is 11.8 Å². The molecule has 1 amide bonds. The van der Waals surface area contributed by atoms with Crippen LogP contribution in [0.3, 0.4) is 0 Å². The van der Waals surface area contributed by atoms with E-state index in [1.54, 1.807) is 37.7 Å². The average molecular weight is 463 g/mol. The van der Waals surface area contributed by atoms with E-state index in [4.69, 9.17) is 0 Å². The number of carbonyl (C=O) groups excluding carboxylic acids is 1. The molecule has 1 aliphatic carbocycles. The van der Waals surface area contributed by atoms with Gasteiger partial charge in [0.25, 0.3) is 0 Å².